The number of ether oxygens (including phenoxy) is 3. The van der Waals surface area contributed by atoms with Crippen LogP contribution in [0.3, 0.4) is 0 Å². The molecule has 188 valence electrons. The van der Waals surface area contributed by atoms with Crippen LogP contribution in [-0.4, -0.2) is 36.2 Å². The fourth-order valence-electron chi connectivity index (χ4n) is 4.51. The predicted octanol–water partition coefficient (Wildman–Crippen LogP) is 4.92. The molecule has 1 amide bonds. The Kier molecular flexibility index (Phi) is 6.40. The highest BCUT2D eigenvalue weighted by molar-refractivity contribution is 6.51. The van der Waals surface area contributed by atoms with Crippen LogP contribution < -0.4 is 14.4 Å². The van der Waals surface area contributed by atoms with Crippen molar-refractivity contribution in [3.8, 4) is 11.5 Å². The van der Waals surface area contributed by atoms with Crippen molar-refractivity contribution in [2.24, 2.45) is 0 Å². The maximum Gasteiger partial charge on any atom is 0.338 e. The first-order chi connectivity index (χ1) is 17.9. The predicted molar refractivity (Wildman–Crippen MR) is 136 cm³/mol. The van der Waals surface area contributed by atoms with Crippen LogP contribution in [0.2, 0.25) is 0 Å². The Morgan fingerprint density at radius 1 is 1.00 bits per heavy atom. The number of hydrogen-bond donors (Lipinski definition) is 1. The van der Waals surface area contributed by atoms with Crippen molar-refractivity contribution in [3.63, 3.8) is 0 Å². The molecule has 0 saturated carbocycles. The standard InChI is InChI=1S/C29H25NO7/c1-3-12-35-29(34)20-8-5-9-21(14-20)30-25(18-7-4-6-17(2)13-18)24(27(32)28(30)33)26(31)19-10-11-22-23(15-19)37-16-36-22/h4-11,13-15,25,31H,3,12,16H2,1-2H3/b26-24-. The molecule has 3 aromatic rings. The van der Waals surface area contributed by atoms with E-state index in [9.17, 15) is 19.5 Å². The largest absolute Gasteiger partial charge is 0.507 e. The topological polar surface area (TPSA) is 102 Å². The van der Waals surface area contributed by atoms with Gasteiger partial charge in [0.25, 0.3) is 11.7 Å². The van der Waals surface area contributed by atoms with E-state index in [1.807, 2.05) is 32.0 Å². The molecule has 0 radical (unpaired) electrons. The molecule has 2 heterocycles. The number of amides is 1. The third-order valence-corrected chi connectivity index (χ3v) is 6.25. The molecule has 1 saturated heterocycles. The molecule has 37 heavy (non-hydrogen) atoms. The Hall–Kier alpha value is -4.59. The minimum Gasteiger partial charge on any atom is -0.507 e. The number of aryl methyl sites for hydroxylation is 1. The number of Topliss-reactive ketones (excluding diaryl/α,β-unsaturated/α-hetero) is 1. The number of rotatable bonds is 6. The Balaban J connectivity index is 1.65. The first-order valence-corrected chi connectivity index (χ1v) is 11.9. The van der Waals surface area contributed by atoms with Gasteiger partial charge in [-0.1, -0.05) is 42.8 Å². The van der Waals surface area contributed by atoms with Crippen LogP contribution in [0, 0.1) is 6.92 Å². The van der Waals surface area contributed by atoms with E-state index in [1.165, 1.54) is 11.0 Å². The number of carbonyl (C=O) groups is 3. The molecule has 5 rings (SSSR count). The zero-order valence-electron chi connectivity index (χ0n) is 20.4. The molecular weight excluding hydrogens is 474 g/mol. The summed E-state index contributed by atoms with van der Waals surface area (Å²) >= 11 is 0. The van der Waals surface area contributed by atoms with Crippen molar-refractivity contribution >= 4 is 29.1 Å². The average molecular weight is 500 g/mol. The molecule has 2 aliphatic rings. The normalized spacial score (nSPS) is 17.8. The van der Waals surface area contributed by atoms with Gasteiger partial charge in [0, 0.05) is 11.3 Å². The summed E-state index contributed by atoms with van der Waals surface area (Å²) in [5, 5.41) is 11.4. The number of esters is 1. The quantitative estimate of drug-likeness (QED) is 0.222. The summed E-state index contributed by atoms with van der Waals surface area (Å²) in [6, 6.07) is 17.6. The Morgan fingerprint density at radius 3 is 2.57 bits per heavy atom. The highest BCUT2D eigenvalue weighted by Crippen LogP contribution is 2.43. The monoisotopic (exact) mass is 499 g/mol. The molecule has 2 aliphatic heterocycles. The van der Waals surface area contributed by atoms with Gasteiger partial charge in [-0.25, -0.2) is 4.79 Å². The van der Waals surface area contributed by atoms with Crippen LogP contribution in [-0.2, 0) is 14.3 Å². The van der Waals surface area contributed by atoms with Gasteiger partial charge in [-0.15, -0.1) is 0 Å². The highest BCUT2D eigenvalue weighted by atomic mass is 16.7. The van der Waals surface area contributed by atoms with Gasteiger partial charge in [0.2, 0.25) is 6.79 Å². The molecule has 8 heteroatoms. The minimum absolute atomic E-state index is 0.0598. The fraction of sp³-hybridized carbons (Fsp3) is 0.207. The smallest absolute Gasteiger partial charge is 0.338 e. The molecule has 3 aromatic carbocycles. The molecule has 1 N–H and O–H groups in total. The van der Waals surface area contributed by atoms with Gasteiger partial charge in [0.15, 0.2) is 11.5 Å². The molecule has 1 fully saturated rings. The van der Waals surface area contributed by atoms with Gasteiger partial charge < -0.3 is 19.3 Å². The van der Waals surface area contributed by atoms with E-state index in [0.717, 1.165) is 5.56 Å². The SMILES string of the molecule is CCCOC(=O)c1cccc(N2C(=O)C(=O)/C(=C(\O)c3ccc4c(c3)OCO4)C2c2cccc(C)c2)c1. The third kappa shape index (κ3) is 4.42. The molecule has 0 spiro atoms. The number of hydrogen-bond acceptors (Lipinski definition) is 7. The first kappa shape index (κ1) is 24.1. The second-order valence-electron chi connectivity index (χ2n) is 8.84. The van der Waals surface area contributed by atoms with E-state index >= 15 is 0 Å². The summed E-state index contributed by atoms with van der Waals surface area (Å²) in [6.07, 6.45) is 0.674. The molecule has 1 atom stereocenters. The highest BCUT2D eigenvalue weighted by Gasteiger charge is 2.47. The summed E-state index contributed by atoms with van der Waals surface area (Å²) < 4.78 is 16.0. The minimum atomic E-state index is -0.924. The van der Waals surface area contributed by atoms with Gasteiger partial charge >= 0.3 is 5.97 Å². The van der Waals surface area contributed by atoms with Crippen LogP contribution in [0.4, 0.5) is 5.69 Å². The van der Waals surface area contributed by atoms with E-state index in [-0.39, 0.29) is 30.3 Å². The van der Waals surface area contributed by atoms with Crippen molar-refractivity contribution in [2.75, 3.05) is 18.3 Å². The summed E-state index contributed by atoms with van der Waals surface area (Å²) in [7, 11) is 0. The zero-order valence-corrected chi connectivity index (χ0v) is 20.4. The number of benzene rings is 3. The van der Waals surface area contributed by atoms with Gasteiger partial charge in [0.1, 0.15) is 5.76 Å². The molecule has 0 aromatic heterocycles. The van der Waals surface area contributed by atoms with E-state index in [2.05, 4.69) is 0 Å². The molecule has 8 nitrogen and oxygen atoms in total. The summed E-state index contributed by atoms with van der Waals surface area (Å²) in [4.78, 5) is 40.7. The summed E-state index contributed by atoms with van der Waals surface area (Å²) in [6.45, 7) is 4.12. The molecular formula is C29H25NO7. The fourth-order valence-corrected chi connectivity index (χ4v) is 4.51. The van der Waals surface area contributed by atoms with E-state index in [1.54, 1.807) is 42.5 Å². The van der Waals surface area contributed by atoms with Crippen LogP contribution >= 0.6 is 0 Å². The van der Waals surface area contributed by atoms with Crippen molar-refractivity contribution in [3.05, 3.63) is 94.6 Å². The molecule has 1 unspecified atom stereocenters. The maximum atomic E-state index is 13.4. The lowest BCUT2D eigenvalue weighted by molar-refractivity contribution is -0.132. The number of ketones is 1. The summed E-state index contributed by atoms with van der Waals surface area (Å²) in [5.74, 6) is -1.53. The van der Waals surface area contributed by atoms with Gasteiger partial charge in [-0.3, -0.25) is 14.5 Å². The molecule has 0 bridgehead atoms. The Morgan fingerprint density at radius 2 is 1.78 bits per heavy atom. The number of aliphatic hydroxyl groups is 1. The Bertz CT molecular complexity index is 1440. The number of nitrogens with zero attached hydrogens (tertiary/aromatic N) is 1. The van der Waals surface area contributed by atoms with Crippen molar-refractivity contribution < 1.29 is 33.7 Å². The second-order valence-corrected chi connectivity index (χ2v) is 8.84. The lowest BCUT2D eigenvalue weighted by Crippen LogP contribution is -2.29. The number of fused-ring (bicyclic) bond motifs is 1. The lowest BCUT2D eigenvalue weighted by atomic mass is 9.94. The van der Waals surface area contributed by atoms with E-state index < -0.39 is 23.7 Å². The van der Waals surface area contributed by atoms with Crippen LogP contribution in [0.5, 0.6) is 11.5 Å². The van der Waals surface area contributed by atoms with E-state index in [4.69, 9.17) is 14.2 Å². The van der Waals surface area contributed by atoms with Crippen LogP contribution in [0.1, 0.15) is 46.4 Å². The summed E-state index contributed by atoms with van der Waals surface area (Å²) in [5.41, 5.74) is 2.41. The van der Waals surface area contributed by atoms with Crippen molar-refractivity contribution in [2.45, 2.75) is 26.3 Å². The average Bonchev–Trinajstić information content (AvgIpc) is 3.48. The van der Waals surface area contributed by atoms with Gasteiger partial charge in [-0.2, -0.15) is 0 Å². The lowest BCUT2D eigenvalue weighted by Gasteiger charge is -2.26. The number of aliphatic hydroxyl groups excluding tert-OH is 1. The maximum absolute atomic E-state index is 13.4. The zero-order chi connectivity index (χ0) is 26.1. The molecule has 0 aliphatic carbocycles. The van der Waals surface area contributed by atoms with Gasteiger partial charge in [-0.05, 0) is 55.3 Å². The van der Waals surface area contributed by atoms with Crippen molar-refractivity contribution in [1.82, 2.24) is 0 Å². The van der Waals surface area contributed by atoms with Gasteiger partial charge in [0.05, 0.1) is 23.8 Å². The van der Waals surface area contributed by atoms with Crippen LogP contribution in [0.15, 0.2) is 72.3 Å². The van der Waals surface area contributed by atoms with Crippen molar-refractivity contribution in [1.29, 1.82) is 0 Å². The van der Waals surface area contributed by atoms with E-state index in [0.29, 0.717) is 34.7 Å². The number of anilines is 1. The number of carbonyl (C=O) groups excluding carboxylic acids is 3. The first-order valence-electron chi connectivity index (χ1n) is 11.9. The Labute approximate surface area is 213 Å². The van der Waals surface area contributed by atoms with Crippen LogP contribution in [0.25, 0.3) is 5.76 Å². The second kappa shape index (κ2) is 9.81. The third-order valence-electron chi connectivity index (χ3n) is 6.25.